The Kier molecular flexibility index (Phi) is 14.0. The van der Waals surface area contributed by atoms with E-state index in [0.717, 1.165) is 30.2 Å². The smallest absolute Gasteiger partial charge is 0.119 e. The molecule has 6 heteroatoms. The molecule has 0 atom stereocenters. The van der Waals surface area contributed by atoms with E-state index in [1.807, 2.05) is 6.07 Å². The number of ether oxygens (including phenoxy) is 1. The topological polar surface area (TPSA) is 24.5 Å². The SMILES string of the molecule is CCNC1CCC(CCCN2CCC(Cc3cc(OC)ccc3Br)CC2)CC1.Cl.Cl. The Hall–Kier alpha value is -0.000000000000000111. The summed E-state index contributed by atoms with van der Waals surface area (Å²) in [5.74, 6) is 2.76. The predicted molar refractivity (Wildman–Crippen MR) is 137 cm³/mol. The molecule has 0 radical (unpaired) electrons. The van der Waals surface area contributed by atoms with Gasteiger partial charge in [-0.2, -0.15) is 0 Å². The lowest BCUT2D eigenvalue weighted by molar-refractivity contribution is 0.174. The normalized spacial score (nSPS) is 22.8. The maximum Gasteiger partial charge on any atom is 0.119 e. The van der Waals surface area contributed by atoms with Crippen molar-refractivity contribution in [2.75, 3.05) is 33.3 Å². The minimum absolute atomic E-state index is 0. The van der Waals surface area contributed by atoms with E-state index in [1.54, 1.807) is 7.11 Å². The maximum atomic E-state index is 5.40. The van der Waals surface area contributed by atoms with Crippen molar-refractivity contribution in [3.05, 3.63) is 28.2 Å². The molecule has 1 aromatic carbocycles. The van der Waals surface area contributed by atoms with Gasteiger partial charge in [-0.15, -0.1) is 24.8 Å². The zero-order valence-corrected chi connectivity index (χ0v) is 21.9. The van der Waals surface area contributed by atoms with Crippen LogP contribution in [0.15, 0.2) is 22.7 Å². The molecule has 1 heterocycles. The molecule has 0 unspecified atom stereocenters. The van der Waals surface area contributed by atoms with Crippen LogP contribution in [0.3, 0.4) is 0 Å². The average molecular weight is 524 g/mol. The van der Waals surface area contributed by atoms with Crippen LogP contribution in [0.25, 0.3) is 0 Å². The van der Waals surface area contributed by atoms with Gasteiger partial charge in [0, 0.05) is 10.5 Å². The van der Waals surface area contributed by atoms with E-state index in [1.165, 1.54) is 87.5 Å². The van der Waals surface area contributed by atoms with Crippen LogP contribution in [0.2, 0.25) is 0 Å². The fourth-order valence-electron chi connectivity index (χ4n) is 5.11. The van der Waals surface area contributed by atoms with E-state index in [-0.39, 0.29) is 24.8 Å². The van der Waals surface area contributed by atoms with Crippen LogP contribution >= 0.6 is 40.7 Å². The van der Waals surface area contributed by atoms with Gasteiger partial charge in [0.15, 0.2) is 0 Å². The van der Waals surface area contributed by atoms with E-state index in [2.05, 4.69) is 45.2 Å². The van der Waals surface area contributed by atoms with Gasteiger partial charge >= 0.3 is 0 Å². The number of piperidine rings is 1. The molecule has 2 fully saturated rings. The molecule has 174 valence electrons. The number of rotatable bonds is 9. The Morgan fingerprint density at radius 2 is 1.73 bits per heavy atom. The molecule has 1 aliphatic heterocycles. The number of hydrogen-bond acceptors (Lipinski definition) is 3. The number of methoxy groups -OCH3 is 1. The van der Waals surface area contributed by atoms with Gasteiger partial charge in [0.05, 0.1) is 7.11 Å². The molecule has 1 N–H and O–H groups in total. The first-order valence-electron chi connectivity index (χ1n) is 11.5. The van der Waals surface area contributed by atoms with Crippen LogP contribution in [0.5, 0.6) is 5.75 Å². The first-order chi connectivity index (χ1) is 13.7. The van der Waals surface area contributed by atoms with Gasteiger partial charge in [0.2, 0.25) is 0 Å². The Labute approximate surface area is 205 Å². The summed E-state index contributed by atoms with van der Waals surface area (Å²) in [5.41, 5.74) is 1.39. The summed E-state index contributed by atoms with van der Waals surface area (Å²) >= 11 is 3.71. The summed E-state index contributed by atoms with van der Waals surface area (Å²) in [7, 11) is 1.75. The van der Waals surface area contributed by atoms with E-state index in [4.69, 9.17) is 4.74 Å². The fourth-order valence-corrected chi connectivity index (χ4v) is 5.52. The molecule has 0 aromatic heterocycles. The zero-order valence-electron chi connectivity index (χ0n) is 18.7. The lowest BCUT2D eigenvalue weighted by Crippen LogP contribution is -2.35. The van der Waals surface area contributed by atoms with Crippen LogP contribution in [0.1, 0.15) is 63.9 Å². The molecule has 2 aliphatic rings. The largest absolute Gasteiger partial charge is 0.497 e. The van der Waals surface area contributed by atoms with Gasteiger partial charge in [-0.05, 0) is 120 Å². The van der Waals surface area contributed by atoms with Crippen molar-refractivity contribution >= 4 is 40.7 Å². The standard InChI is InChI=1S/C24H39BrN2O.2ClH/c1-3-26-22-8-6-19(7-9-22)5-4-14-27-15-12-20(13-16-27)17-21-18-23(28-2)10-11-24(21)25;;/h10-11,18-20,22,26H,3-9,12-17H2,1-2H3;2*1H. The third-order valence-electron chi connectivity index (χ3n) is 6.89. The summed E-state index contributed by atoms with van der Waals surface area (Å²) in [4.78, 5) is 2.71. The third-order valence-corrected chi connectivity index (χ3v) is 7.67. The van der Waals surface area contributed by atoms with Crippen LogP contribution in [-0.4, -0.2) is 44.2 Å². The van der Waals surface area contributed by atoms with Crippen molar-refractivity contribution in [3.8, 4) is 5.75 Å². The van der Waals surface area contributed by atoms with Gasteiger partial charge in [0.1, 0.15) is 5.75 Å². The number of nitrogens with zero attached hydrogens (tertiary/aromatic N) is 1. The van der Waals surface area contributed by atoms with Gasteiger partial charge < -0.3 is 15.0 Å². The number of benzene rings is 1. The second kappa shape index (κ2) is 14.9. The number of nitrogens with one attached hydrogen (secondary N) is 1. The lowest BCUT2D eigenvalue weighted by Gasteiger charge is -2.33. The molecule has 0 spiro atoms. The molecule has 1 saturated heterocycles. The highest BCUT2D eigenvalue weighted by atomic mass is 79.9. The van der Waals surface area contributed by atoms with Crippen LogP contribution in [0, 0.1) is 11.8 Å². The summed E-state index contributed by atoms with van der Waals surface area (Å²) in [6, 6.07) is 7.14. The third kappa shape index (κ3) is 8.86. The minimum Gasteiger partial charge on any atom is -0.497 e. The first kappa shape index (κ1) is 28.0. The molecule has 1 aliphatic carbocycles. The first-order valence-corrected chi connectivity index (χ1v) is 12.2. The number of halogens is 3. The van der Waals surface area contributed by atoms with Crippen LogP contribution in [-0.2, 0) is 6.42 Å². The minimum atomic E-state index is 0. The van der Waals surface area contributed by atoms with Gasteiger partial charge in [-0.1, -0.05) is 22.9 Å². The summed E-state index contributed by atoms with van der Waals surface area (Å²) in [6.07, 6.45) is 12.3. The predicted octanol–water partition coefficient (Wildman–Crippen LogP) is 6.50. The Morgan fingerprint density at radius 1 is 1.03 bits per heavy atom. The van der Waals surface area contributed by atoms with Gasteiger partial charge in [-0.3, -0.25) is 0 Å². The molecule has 1 aromatic rings. The average Bonchev–Trinajstić information content (AvgIpc) is 2.72. The molecule has 0 bridgehead atoms. The van der Waals surface area contributed by atoms with E-state index in [9.17, 15) is 0 Å². The monoisotopic (exact) mass is 522 g/mol. The van der Waals surface area contributed by atoms with Crippen molar-refractivity contribution in [3.63, 3.8) is 0 Å². The highest BCUT2D eigenvalue weighted by Gasteiger charge is 2.22. The van der Waals surface area contributed by atoms with Crippen molar-refractivity contribution in [2.24, 2.45) is 11.8 Å². The van der Waals surface area contributed by atoms with E-state index < -0.39 is 0 Å². The summed E-state index contributed by atoms with van der Waals surface area (Å²) < 4.78 is 6.62. The fraction of sp³-hybridized carbons (Fsp3) is 0.750. The number of hydrogen-bond donors (Lipinski definition) is 1. The lowest BCUT2D eigenvalue weighted by atomic mass is 9.83. The quantitative estimate of drug-likeness (QED) is 0.399. The molecule has 3 rings (SSSR count). The van der Waals surface area contributed by atoms with Crippen molar-refractivity contribution in [1.82, 2.24) is 10.2 Å². The van der Waals surface area contributed by atoms with Crippen LogP contribution in [0.4, 0.5) is 0 Å². The molecule has 3 nitrogen and oxygen atoms in total. The van der Waals surface area contributed by atoms with Crippen molar-refractivity contribution < 1.29 is 4.74 Å². The van der Waals surface area contributed by atoms with Crippen molar-refractivity contribution in [1.29, 1.82) is 0 Å². The van der Waals surface area contributed by atoms with Crippen molar-refractivity contribution in [2.45, 2.75) is 70.8 Å². The summed E-state index contributed by atoms with van der Waals surface area (Å²) in [6.45, 7) is 7.21. The second-order valence-corrected chi connectivity index (χ2v) is 9.72. The second-order valence-electron chi connectivity index (χ2n) is 8.86. The highest BCUT2D eigenvalue weighted by Crippen LogP contribution is 2.30. The van der Waals surface area contributed by atoms with E-state index in [0.29, 0.717) is 0 Å². The maximum absolute atomic E-state index is 5.40. The molecular formula is C24H41BrCl2N2O. The van der Waals surface area contributed by atoms with Gasteiger partial charge in [-0.25, -0.2) is 0 Å². The summed E-state index contributed by atoms with van der Waals surface area (Å²) in [5, 5.41) is 3.63. The van der Waals surface area contributed by atoms with Gasteiger partial charge in [0.25, 0.3) is 0 Å². The Bertz CT molecular complexity index is 589. The molecular weight excluding hydrogens is 483 g/mol. The molecule has 1 saturated carbocycles. The Balaban J connectivity index is 0.00000225. The van der Waals surface area contributed by atoms with Crippen LogP contribution < -0.4 is 10.1 Å². The molecule has 30 heavy (non-hydrogen) atoms. The molecule has 0 amide bonds. The number of likely N-dealkylation sites (tertiary alicyclic amines) is 1. The Morgan fingerprint density at radius 3 is 2.37 bits per heavy atom. The highest BCUT2D eigenvalue weighted by molar-refractivity contribution is 9.10. The zero-order chi connectivity index (χ0) is 19.8. The van der Waals surface area contributed by atoms with E-state index >= 15 is 0 Å².